The molecule has 86 valence electrons. The first-order chi connectivity index (χ1) is 7.17. The largest absolute Gasteiger partial charge is 0.387 e. The Morgan fingerprint density at radius 2 is 1.60 bits per heavy atom. The first-order valence-corrected chi connectivity index (χ1v) is 6.64. The van der Waals surface area contributed by atoms with Crippen LogP contribution in [0.15, 0.2) is 0 Å². The zero-order chi connectivity index (χ0) is 10.5. The Hall–Kier alpha value is -0.0800. The van der Waals surface area contributed by atoms with Crippen molar-refractivity contribution in [2.45, 2.75) is 57.1 Å². The van der Waals surface area contributed by atoms with E-state index in [2.05, 4.69) is 11.8 Å². The van der Waals surface area contributed by atoms with Gasteiger partial charge in [0.25, 0.3) is 0 Å². The maximum Gasteiger partial charge on any atom is 0.0928 e. The number of nitrogens with zero attached hydrogens (tertiary/aromatic N) is 1. The van der Waals surface area contributed by atoms with Crippen molar-refractivity contribution in [1.82, 2.24) is 4.90 Å². The third-order valence-electron chi connectivity index (χ3n) is 4.79. The monoisotopic (exact) mass is 209 g/mol. The first-order valence-electron chi connectivity index (χ1n) is 6.64. The summed E-state index contributed by atoms with van der Waals surface area (Å²) in [5, 5.41) is 10.3. The molecule has 1 saturated heterocycles. The van der Waals surface area contributed by atoms with E-state index in [4.69, 9.17) is 0 Å². The minimum Gasteiger partial charge on any atom is -0.387 e. The number of aliphatic hydroxyl groups is 1. The molecule has 3 fully saturated rings. The van der Waals surface area contributed by atoms with E-state index in [-0.39, 0.29) is 5.60 Å². The van der Waals surface area contributed by atoms with Gasteiger partial charge in [-0.25, -0.2) is 0 Å². The molecule has 1 heterocycles. The summed E-state index contributed by atoms with van der Waals surface area (Å²) in [4.78, 5) is 2.53. The Bertz CT molecular complexity index is 235. The second kappa shape index (κ2) is 3.46. The molecule has 0 spiro atoms. The van der Waals surface area contributed by atoms with Crippen molar-refractivity contribution < 1.29 is 5.11 Å². The molecule has 0 atom stereocenters. The highest BCUT2D eigenvalue weighted by molar-refractivity contribution is 5.06. The number of hydrogen-bond acceptors (Lipinski definition) is 2. The topological polar surface area (TPSA) is 23.5 Å². The van der Waals surface area contributed by atoms with E-state index in [1.165, 1.54) is 38.5 Å². The van der Waals surface area contributed by atoms with Crippen LogP contribution in [0.1, 0.15) is 45.4 Å². The van der Waals surface area contributed by atoms with Gasteiger partial charge in [0.15, 0.2) is 0 Å². The van der Waals surface area contributed by atoms with Crippen LogP contribution in [0.3, 0.4) is 0 Å². The van der Waals surface area contributed by atoms with Crippen molar-refractivity contribution in [2.24, 2.45) is 11.8 Å². The van der Waals surface area contributed by atoms with E-state index in [0.29, 0.717) is 5.92 Å². The molecule has 2 nitrogen and oxygen atoms in total. The van der Waals surface area contributed by atoms with Crippen molar-refractivity contribution in [3.05, 3.63) is 0 Å². The highest BCUT2D eigenvalue weighted by Crippen LogP contribution is 2.46. The molecule has 0 bridgehead atoms. The van der Waals surface area contributed by atoms with E-state index in [9.17, 15) is 5.11 Å². The van der Waals surface area contributed by atoms with Crippen LogP contribution in [-0.4, -0.2) is 34.7 Å². The Labute approximate surface area is 92.7 Å². The molecule has 3 aliphatic rings. The maximum absolute atomic E-state index is 10.3. The minimum absolute atomic E-state index is 0.275. The SMILES string of the molecule is CC1CCC(N2CC(O)(C3CC3)C2)CC1. The van der Waals surface area contributed by atoms with E-state index < -0.39 is 0 Å². The third kappa shape index (κ3) is 1.83. The van der Waals surface area contributed by atoms with Crippen molar-refractivity contribution in [1.29, 1.82) is 0 Å². The van der Waals surface area contributed by atoms with Crippen molar-refractivity contribution in [3.8, 4) is 0 Å². The molecule has 15 heavy (non-hydrogen) atoms. The van der Waals surface area contributed by atoms with Crippen molar-refractivity contribution in [3.63, 3.8) is 0 Å². The zero-order valence-electron chi connectivity index (χ0n) is 9.78. The fourth-order valence-electron chi connectivity index (χ4n) is 3.40. The van der Waals surface area contributed by atoms with Gasteiger partial charge in [-0.05, 0) is 50.4 Å². The maximum atomic E-state index is 10.3. The molecule has 3 rings (SSSR count). The summed E-state index contributed by atoms with van der Waals surface area (Å²) in [5.74, 6) is 1.58. The summed E-state index contributed by atoms with van der Waals surface area (Å²) in [6.45, 7) is 4.31. The van der Waals surface area contributed by atoms with Gasteiger partial charge in [0.2, 0.25) is 0 Å². The lowest BCUT2D eigenvalue weighted by molar-refractivity contribution is -0.134. The van der Waals surface area contributed by atoms with E-state index >= 15 is 0 Å². The lowest BCUT2D eigenvalue weighted by Gasteiger charge is -2.52. The van der Waals surface area contributed by atoms with Gasteiger partial charge in [0.1, 0.15) is 0 Å². The Balaban J connectivity index is 1.50. The summed E-state index contributed by atoms with van der Waals surface area (Å²) in [7, 11) is 0. The molecule has 2 heteroatoms. The molecule has 1 aliphatic heterocycles. The van der Waals surface area contributed by atoms with Gasteiger partial charge in [-0.15, -0.1) is 0 Å². The number of likely N-dealkylation sites (tertiary alicyclic amines) is 1. The molecular formula is C13H23NO. The predicted molar refractivity (Wildman–Crippen MR) is 60.7 cm³/mol. The van der Waals surface area contributed by atoms with E-state index in [0.717, 1.165) is 25.0 Å². The smallest absolute Gasteiger partial charge is 0.0928 e. The molecule has 0 aromatic heterocycles. The van der Waals surface area contributed by atoms with Crippen LogP contribution < -0.4 is 0 Å². The van der Waals surface area contributed by atoms with Crippen LogP contribution in [0.4, 0.5) is 0 Å². The van der Waals surface area contributed by atoms with Gasteiger partial charge < -0.3 is 5.11 Å². The normalized spacial score (nSPS) is 41.2. The second-order valence-corrected chi connectivity index (χ2v) is 6.20. The molecule has 0 unspecified atom stereocenters. The van der Waals surface area contributed by atoms with Gasteiger partial charge in [0, 0.05) is 19.1 Å². The van der Waals surface area contributed by atoms with Gasteiger partial charge in [-0.1, -0.05) is 6.92 Å². The molecule has 2 aliphatic carbocycles. The molecule has 0 aromatic carbocycles. The summed E-state index contributed by atoms with van der Waals surface area (Å²) in [6, 6.07) is 0.792. The number of β-amino-alcohol motifs (C(OH)–C–C–N with tert-alkyl or cyclic N) is 1. The lowest BCUT2D eigenvalue weighted by Crippen LogP contribution is -2.66. The molecule has 2 saturated carbocycles. The summed E-state index contributed by atoms with van der Waals surface area (Å²) < 4.78 is 0. The standard InChI is InChI=1S/C13H23NO/c1-10-2-6-12(7-3-10)14-8-13(15,9-14)11-4-5-11/h10-12,15H,2-9H2,1H3. The zero-order valence-corrected chi connectivity index (χ0v) is 9.78. The van der Waals surface area contributed by atoms with Crippen molar-refractivity contribution >= 4 is 0 Å². The van der Waals surface area contributed by atoms with Gasteiger partial charge in [0.05, 0.1) is 5.60 Å². The van der Waals surface area contributed by atoms with Crippen LogP contribution in [0, 0.1) is 11.8 Å². The molecule has 0 radical (unpaired) electrons. The minimum atomic E-state index is -0.275. The lowest BCUT2D eigenvalue weighted by atomic mass is 9.81. The van der Waals surface area contributed by atoms with Gasteiger partial charge in [-0.2, -0.15) is 0 Å². The second-order valence-electron chi connectivity index (χ2n) is 6.20. The fourth-order valence-corrected chi connectivity index (χ4v) is 3.40. The predicted octanol–water partition coefficient (Wildman–Crippen LogP) is 2.02. The summed E-state index contributed by atoms with van der Waals surface area (Å²) >= 11 is 0. The Kier molecular flexibility index (Phi) is 2.33. The third-order valence-corrected chi connectivity index (χ3v) is 4.79. The molecular weight excluding hydrogens is 186 g/mol. The first kappa shape index (κ1) is 10.1. The quantitative estimate of drug-likeness (QED) is 0.752. The van der Waals surface area contributed by atoms with Gasteiger partial charge in [-0.3, -0.25) is 4.90 Å². The van der Waals surface area contributed by atoms with Crippen LogP contribution >= 0.6 is 0 Å². The summed E-state index contributed by atoms with van der Waals surface area (Å²) in [6.07, 6.45) is 8.05. The average Bonchev–Trinajstić information content (AvgIpc) is 2.98. The van der Waals surface area contributed by atoms with E-state index in [1.54, 1.807) is 0 Å². The Morgan fingerprint density at radius 3 is 2.13 bits per heavy atom. The Morgan fingerprint density at radius 1 is 1.00 bits per heavy atom. The van der Waals surface area contributed by atoms with Crippen LogP contribution in [0.5, 0.6) is 0 Å². The summed E-state index contributed by atoms with van der Waals surface area (Å²) in [5.41, 5.74) is -0.275. The average molecular weight is 209 g/mol. The van der Waals surface area contributed by atoms with Crippen molar-refractivity contribution in [2.75, 3.05) is 13.1 Å². The molecule has 0 amide bonds. The van der Waals surface area contributed by atoms with Crippen LogP contribution in [-0.2, 0) is 0 Å². The molecule has 1 N–H and O–H groups in total. The van der Waals surface area contributed by atoms with Crippen LogP contribution in [0.2, 0.25) is 0 Å². The molecule has 0 aromatic rings. The van der Waals surface area contributed by atoms with Gasteiger partial charge >= 0.3 is 0 Å². The highest BCUT2D eigenvalue weighted by atomic mass is 16.3. The highest BCUT2D eigenvalue weighted by Gasteiger charge is 2.53. The number of hydrogen-bond donors (Lipinski definition) is 1. The van der Waals surface area contributed by atoms with Crippen LogP contribution in [0.25, 0.3) is 0 Å². The number of rotatable bonds is 2. The fraction of sp³-hybridized carbons (Fsp3) is 1.00. The van der Waals surface area contributed by atoms with E-state index in [1.807, 2.05) is 0 Å².